The summed E-state index contributed by atoms with van der Waals surface area (Å²) in [5, 5.41) is 6.05. The summed E-state index contributed by atoms with van der Waals surface area (Å²) < 4.78 is 5.18. The zero-order valence-corrected chi connectivity index (χ0v) is 6.48. The first kappa shape index (κ1) is 6.72. The van der Waals surface area contributed by atoms with Gasteiger partial charge in [-0.3, -0.25) is 4.79 Å². The van der Waals surface area contributed by atoms with Gasteiger partial charge in [0.1, 0.15) is 0 Å². The minimum Gasteiger partial charge on any atom is -0.475 e. The van der Waals surface area contributed by atoms with E-state index >= 15 is 0 Å². The molecule has 0 atom stereocenters. The second kappa shape index (κ2) is 2.58. The monoisotopic (exact) mass is 170 g/mol. The molecular weight excluding hydrogens is 164 g/mol. The molecule has 2 heterocycles. The lowest BCUT2D eigenvalue weighted by molar-refractivity contribution is 0.310. The van der Waals surface area contributed by atoms with Gasteiger partial charge in [0, 0.05) is 11.8 Å². The second-order valence-corrected chi connectivity index (χ2v) is 3.24. The zero-order valence-electron chi connectivity index (χ0n) is 5.66. The third-order valence-electron chi connectivity index (χ3n) is 1.32. The predicted molar refractivity (Wildman–Crippen MR) is 41.1 cm³/mol. The zero-order chi connectivity index (χ0) is 7.68. The summed E-state index contributed by atoms with van der Waals surface area (Å²) in [6.45, 7) is 0.663. The van der Waals surface area contributed by atoms with Crippen LogP contribution in [0.5, 0.6) is 5.88 Å². The third kappa shape index (κ3) is 1.23. The number of rotatable bonds is 0. The number of nitrogens with one attached hydrogen (secondary N) is 1. The highest BCUT2D eigenvalue weighted by Gasteiger charge is 2.11. The van der Waals surface area contributed by atoms with Crippen LogP contribution in [0.15, 0.2) is 15.8 Å². The van der Waals surface area contributed by atoms with Gasteiger partial charge in [-0.2, -0.15) is 0 Å². The minimum absolute atomic E-state index is 0.179. The number of hydrogen-bond acceptors (Lipinski definition) is 4. The number of aromatic nitrogens is 2. The van der Waals surface area contributed by atoms with Gasteiger partial charge in [0.15, 0.2) is 0 Å². The van der Waals surface area contributed by atoms with E-state index in [2.05, 4.69) is 10.2 Å². The smallest absolute Gasteiger partial charge is 0.265 e. The van der Waals surface area contributed by atoms with Crippen molar-refractivity contribution in [2.75, 3.05) is 12.4 Å². The molecule has 0 fully saturated rings. The Morgan fingerprint density at radius 1 is 1.73 bits per heavy atom. The van der Waals surface area contributed by atoms with Gasteiger partial charge in [0.25, 0.3) is 5.56 Å². The maximum absolute atomic E-state index is 10.8. The maximum atomic E-state index is 10.8. The molecule has 1 aromatic rings. The molecule has 4 nitrogen and oxygen atoms in total. The van der Waals surface area contributed by atoms with Crippen molar-refractivity contribution < 1.29 is 4.74 Å². The fourth-order valence-corrected chi connectivity index (χ4v) is 1.68. The van der Waals surface area contributed by atoms with Crippen LogP contribution < -0.4 is 10.3 Å². The molecule has 0 saturated heterocycles. The third-order valence-corrected chi connectivity index (χ3v) is 2.29. The lowest BCUT2D eigenvalue weighted by Crippen LogP contribution is -2.14. The van der Waals surface area contributed by atoms with Crippen molar-refractivity contribution in [1.29, 1.82) is 0 Å². The number of thioether (sulfide) groups is 1. The largest absolute Gasteiger partial charge is 0.475 e. The average molecular weight is 170 g/mol. The van der Waals surface area contributed by atoms with Crippen LogP contribution in [0.1, 0.15) is 0 Å². The summed E-state index contributed by atoms with van der Waals surface area (Å²) in [6, 6.07) is 1.51. The Kier molecular flexibility index (Phi) is 1.58. The lowest BCUT2D eigenvalue weighted by atomic mass is 10.5. The quantitative estimate of drug-likeness (QED) is 0.606. The maximum Gasteiger partial charge on any atom is 0.265 e. The summed E-state index contributed by atoms with van der Waals surface area (Å²) in [7, 11) is 0. The van der Waals surface area contributed by atoms with E-state index in [1.165, 1.54) is 6.07 Å². The normalized spacial score (nSPS) is 15.3. The fraction of sp³-hybridized carbons (Fsp3) is 0.333. The fourth-order valence-electron chi connectivity index (χ4n) is 0.871. The summed E-state index contributed by atoms with van der Waals surface area (Å²) >= 11 is 1.60. The highest BCUT2D eigenvalue weighted by molar-refractivity contribution is 7.99. The van der Waals surface area contributed by atoms with Crippen molar-refractivity contribution in [1.82, 2.24) is 10.2 Å². The first-order valence-corrected chi connectivity index (χ1v) is 4.20. The van der Waals surface area contributed by atoms with E-state index in [1.54, 1.807) is 11.8 Å². The van der Waals surface area contributed by atoms with Gasteiger partial charge < -0.3 is 4.74 Å². The predicted octanol–water partition coefficient (Wildman–Crippen LogP) is 0.254. The van der Waals surface area contributed by atoms with Crippen LogP contribution in [0.3, 0.4) is 0 Å². The van der Waals surface area contributed by atoms with E-state index in [4.69, 9.17) is 4.74 Å². The first-order valence-electron chi connectivity index (χ1n) is 3.21. The van der Waals surface area contributed by atoms with Crippen molar-refractivity contribution in [3.05, 3.63) is 16.4 Å². The Hall–Kier alpha value is -0.970. The molecule has 58 valence electrons. The van der Waals surface area contributed by atoms with Crippen LogP contribution in [0.2, 0.25) is 0 Å². The summed E-state index contributed by atoms with van der Waals surface area (Å²) in [4.78, 5) is 11.6. The van der Waals surface area contributed by atoms with E-state index in [1.807, 2.05) is 0 Å². The van der Waals surface area contributed by atoms with Crippen LogP contribution in [-0.4, -0.2) is 22.6 Å². The number of ether oxygens (including phenoxy) is 1. The van der Waals surface area contributed by atoms with Gasteiger partial charge in [0.05, 0.1) is 11.5 Å². The van der Waals surface area contributed by atoms with E-state index in [-0.39, 0.29) is 5.56 Å². The van der Waals surface area contributed by atoms with E-state index in [0.717, 1.165) is 10.6 Å². The van der Waals surface area contributed by atoms with Gasteiger partial charge in [-0.05, 0) is 0 Å². The van der Waals surface area contributed by atoms with Crippen LogP contribution in [0, 0.1) is 0 Å². The van der Waals surface area contributed by atoms with E-state index in [9.17, 15) is 4.79 Å². The molecule has 1 aliphatic rings. The van der Waals surface area contributed by atoms with Crippen LogP contribution in [-0.2, 0) is 0 Å². The number of hydrogen-bond donors (Lipinski definition) is 1. The standard InChI is InChI=1S/C6H6N2O2S/c9-5-3-4-6(8-7-5)10-1-2-11-4/h3H,1-2H2,(H,7,9). The van der Waals surface area contributed by atoms with Gasteiger partial charge in [-0.1, -0.05) is 0 Å². The SMILES string of the molecule is O=c1cc2c(n[nH]1)OCCS2. The average Bonchev–Trinajstić information content (AvgIpc) is 2.04. The molecule has 11 heavy (non-hydrogen) atoms. The van der Waals surface area contributed by atoms with Crippen molar-refractivity contribution in [2.45, 2.75) is 4.90 Å². The van der Waals surface area contributed by atoms with Gasteiger partial charge in [-0.25, -0.2) is 5.10 Å². The topological polar surface area (TPSA) is 55.0 Å². The van der Waals surface area contributed by atoms with Crippen molar-refractivity contribution >= 4 is 11.8 Å². The minimum atomic E-state index is -0.179. The van der Waals surface area contributed by atoms with Gasteiger partial charge in [0.2, 0.25) is 5.88 Å². The van der Waals surface area contributed by atoms with Crippen molar-refractivity contribution in [3.63, 3.8) is 0 Å². The van der Waals surface area contributed by atoms with E-state index < -0.39 is 0 Å². The summed E-state index contributed by atoms with van der Waals surface area (Å²) in [6.07, 6.45) is 0. The first-order chi connectivity index (χ1) is 5.36. The molecule has 0 unspecified atom stereocenters. The van der Waals surface area contributed by atoms with Crippen LogP contribution in [0.4, 0.5) is 0 Å². The summed E-state index contributed by atoms with van der Waals surface area (Å²) in [5.41, 5.74) is -0.179. The number of H-pyrrole nitrogens is 1. The molecule has 0 spiro atoms. The van der Waals surface area contributed by atoms with Crippen molar-refractivity contribution in [3.8, 4) is 5.88 Å². The molecule has 1 N–H and O–H groups in total. The second-order valence-electron chi connectivity index (χ2n) is 2.10. The Morgan fingerprint density at radius 3 is 3.55 bits per heavy atom. The molecule has 1 aromatic heterocycles. The Labute approximate surface area is 67.0 Å². The van der Waals surface area contributed by atoms with Crippen LogP contribution in [0.25, 0.3) is 0 Å². The molecule has 2 rings (SSSR count). The molecule has 0 saturated carbocycles. The molecule has 0 radical (unpaired) electrons. The molecule has 1 aliphatic heterocycles. The molecular formula is C6H6N2O2S. The molecule has 5 heteroatoms. The van der Waals surface area contributed by atoms with Gasteiger partial charge in [-0.15, -0.1) is 16.9 Å². The number of fused-ring (bicyclic) bond motifs is 1. The Bertz CT molecular complexity index is 323. The number of nitrogens with zero attached hydrogens (tertiary/aromatic N) is 1. The Balaban J connectivity index is 2.51. The van der Waals surface area contributed by atoms with Gasteiger partial charge >= 0.3 is 0 Å². The van der Waals surface area contributed by atoms with Crippen LogP contribution >= 0.6 is 11.8 Å². The highest BCUT2D eigenvalue weighted by Crippen LogP contribution is 2.28. The molecule has 0 amide bonds. The number of aromatic amines is 1. The van der Waals surface area contributed by atoms with E-state index in [0.29, 0.717) is 12.5 Å². The highest BCUT2D eigenvalue weighted by atomic mass is 32.2. The molecule has 0 bridgehead atoms. The molecule has 0 aromatic carbocycles. The van der Waals surface area contributed by atoms with Crippen molar-refractivity contribution in [2.24, 2.45) is 0 Å². The Morgan fingerprint density at radius 2 is 2.64 bits per heavy atom. The summed E-state index contributed by atoms with van der Waals surface area (Å²) in [5.74, 6) is 1.43. The lowest BCUT2D eigenvalue weighted by Gasteiger charge is -2.13. The molecule has 0 aliphatic carbocycles.